The van der Waals surface area contributed by atoms with Crippen molar-refractivity contribution in [1.82, 2.24) is 15.1 Å². The molecule has 2 amide bonds. The van der Waals surface area contributed by atoms with Gasteiger partial charge in [0.05, 0.1) is 5.92 Å². The van der Waals surface area contributed by atoms with Crippen molar-refractivity contribution in [2.24, 2.45) is 5.92 Å². The molecule has 5 heteroatoms. The zero-order valence-corrected chi connectivity index (χ0v) is 16.9. The van der Waals surface area contributed by atoms with Gasteiger partial charge in [0.15, 0.2) is 0 Å². The Labute approximate surface area is 163 Å². The molecule has 148 valence electrons. The molecule has 0 bridgehead atoms. The lowest BCUT2D eigenvalue weighted by Gasteiger charge is -2.34. The molecule has 1 saturated heterocycles. The fourth-order valence-corrected chi connectivity index (χ4v) is 4.41. The predicted octanol–water partition coefficient (Wildman–Crippen LogP) is 2.59. The summed E-state index contributed by atoms with van der Waals surface area (Å²) in [6, 6.07) is 9.16. The van der Waals surface area contributed by atoms with E-state index >= 15 is 0 Å². The maximum atomic E-state index is 12.6. The number of fused-ring (bicyclic) bond motifs is 1. The van der Waals surface area contributed by atoms with Crippen molar-refractivity contribution in [3.05, 3.63) is 35.4 Å². The van der Waals surface area contributed by atoms with Gasteiger partial charge in [-0.15, -0.1) is 0 Å². The van der Waals surface area contributed by atoms with Crippen molar-refractivity contribution in [3.8, 4) is 0 Å². The van der Waals surface area contributed by atoms with E-state index in [0.29, 0.717) is 19.5 Å². The van der Waals surface area contributed by atoms with Crippen molar-refractivity contribution < 1.29 is 9.59 Å². The molecule has 5 nitrogen and oxygen atoms in total. The third-order valence-corrected chi connectivity index (χ3v) is 6.27. The van der Waals surface area contributed by atoms with Crippen molar-refractivity contribution in [1.29, 1.82) is 0 Å². The second kappa shape index (κ2) is 8.87. The monoisotopic (exact) mass is 371 g/mol. The summed E-state index contributed by atoms with van der Waals surface area (Å²) < 4.78 is 0. The van der Waals surface area contributed by atoms with Gasteiger partial charge in [0.25, 0.3) is 0 Å². The van der Waals surface area contributed by atoms with Crippen LogP contribution in [-0.4, -0.2) is 53.3 Å². The van der Waals surface area contributed by atoms with E-state index in [-0.39, 0.29) is 29.8 Å². The molecule has 1 aromatic rings. The number of carbonyl (C=O) groups excluding carboxylic acids is 2. The fourth-order valence-electron chi connectivity index (χ4n) is 4.41. The molecular formula is C22H33N3O2. The second-order valence-electron chi connectivity index (χ2n) is 8.00. The summed E-state index contributed by atoms with van der Waals surface area (Å²) in [4.78, 5) is 29.2. The lowest BCUT2D eigenvalue weighted by molar-refractivity contribution is -0.130. The van der Waals surface area contributed by atoms with Gasteiger partial charge in [0.1, 0.15) is 0 Å². The Morgan fingerprint density at radius 1 is 1.22 bits per heavy atom. The van der Waals surface area contributed by atoms with E-state index in [1.165, 1.54) is 11.1 Å². The van der Waals surface area contributed by atoms with Crippen LogP contribution in [0.5, 0.6) is 0 Å². The quantitative estimate of drug-likeness (QED) is 0.802. The number of carbonyl (C=O) groups is 2. The van der Waals surface area contributed by atoms with Gasteiger partial charge in [0.2, 0.25) is 11.8 Å². The summed E-state index contributed by atoms with van der Waals surface area (Å²) in [7, 11) is 0. The Morgan fingerprint density at radius 3 is 2.63 bits per heavy atom. The summed E-state index contributed by atoms with van der Waals surface area (Å²) in [6.45, 7) is 9.56. The van der Waals surface area contributed by atoms with Crippen molar-refractivity contribution >= 4 is 11.8 Å². The van der Waals surface area contributed by atoms with Crippen LogP contribution in [0.4, 0.5) is 0 Å². The van der Waals surface area contributed by atoms with Crippen LogP contribution in [-0.2, 0) is 22.6 Å². The van der Waals surface area contributed by atoms with Crippen molar-refractivity contribution in [3.63, 3.8) is 0 Å². The molecule has 0 saturated carbocycles. The molecule has 1 N–H and O–H groups in total. The lowest BCUT2D eigenvalue weighted by Crippen LogP contribution is -2.46. The summed E-state index contributed by atoms with van der Waals surface area (Å²) in [5.74, 6) is -0.0435. The average Bonchev–Trinajstić information content (AvgIpc) is 3.08. The van der Waals surface area contributed by atoms with E-state index < -0.39 is 0 Å². The Hall–Kier alpha value is -1.88. The van der Waals surface area contributed by atoms with Crippen LogP contribution in [0.3, 0.4) is 0 Å². The predicted molar refractivity (Wildman–Crippen MR) is 107 cm³/mol. The van der Waals surface area contributed by atoms with E-state index in [2.05, 4.69) is 55.3 Å². The first-order valence-electron chi connectivity index (χ1n) is 10.4. The van der Waals surface area contributed by atoms with Crippen LogP contribution >= 0.6 is 0 Å². The first kappa shape index (κ1) is 19.9. The van der Waals surface area contributed by atoms with Gasteiger partial charge in [-0.05, 0) is 37.3 Å². The number of hydrogen-bond donors (Lipinski definition) is 1. The molecule has 0 spiro atoms. The maximum absolute atomic E-state index is 12.6. The number of nitrogens with one attached hydrogen (secondary N) is 1. The van der Waals surface area contributed by atoms with Gasteiger partial charge >= 0.3 is 0 Å². The van der Waals surface area contributed by atoms with Gasteiger partial charge < -0.3 is 10.2 Å². The number of likely N-dealkylation sites (tertiary alicyclic amines) is 1. The topological polar surface area (TPSA) is 52.7 Å². The number of amides is 2. The molecule has 2 unspecified atom stereocenters. The Balaban J connectivity index is 1.49. The molecule has 1 aromatic carbocycles. The fraction of sp³-hybridized carbons (Fsp3) is 0.636. The number of rotatable bonds is 7. The van der Waals surface area contributed by atoms with Gasteiger partial charge in [-0.1, -0.05) is 38.1 Å². The first-order valence-corrected chi connectivity index (χ1v) is 10.4. The molecule has 1 fully saturated rings. The van der Waals surface area contributed by atoms with Crippen molar-refractivity contribution in [2.75, 3.05) is 19.6 Å². The molecule has 27 heavy (non-hydrogen) atoms. The Kier molecular flexibility index (Phi) is 6.53. The lowest BCUT2D eigenvalue weighted by atomic mass is 9.99. The second-order valence-corrected chi connectivity index (χ2v) is 8.00. The Morgan fingerprint density at radius 2 is 1.93 bits per heavy atom. The highest BCUT2D eigenvalue weighted by molar-refractivity contribution is 5.89. The largest absolute Gasteiger partial charge is 0.354 e. The van der Waals surface area contributed by atoms with Gasteiger partial charge in [-0.25, -0.2) is 0 Å². The third-order valence-electron chi connectivity index (χ3n) is 6.27. The van der Waals surface area contributed by atoms with E-state index in [4.69, 9.17) is 0 Å². The minimum atomic E-state index is -0.201. The van der Waals surface area contributed by atoms with E-state index in [1.54, 1.807) is 0 Å². The zero-order valence-electron chi connectivity index (χ0n) is 16.9. The number of nitrogens with zero attached hydrogens (tertiary/aromatic N) is 2. The highest BCUT2D eigenvalue weighted by Crippen LogP contribution is 2.23. The molecule has 2 aliphatic rings. The standard InChI is InChI=1S/C22H33N3O2/c1-4-20(5-2)25-15-19(12-21(25)26)22(27)23-13-16(3)24-11-10-17-8-6-7-9-18(17)14-24/h6-9,16,19-20H,4-5,10-15H2,1-3H3,(H,23,27). The normalized spacial score (nSPS) is 21.4. The van der Waals surface area contributed by atoms with Crippen LogP contribution in [0.15, 0.2) is 24.3 Å². The molecular weight excluding hydrogens is 338 g/mol. The maximum Gasteiger partial charge on any atom is 0.225 e. The average molecular weight is 372 g/mol. The molecule has 2 heterocycles. The smallest absolute Gasteiger partial charge is 0.225 e. The first-order chi connectivity index (χ1) is 13.0. The summed E-state index contributed by atoms with van der Waals surface area (Å²) in [5, 5.41) is 3.10. The molecule has 2 aliphatic heterocycles. The summed E-state index contributed by atoms with van der Waals surface area (Å²) in [5.41, 5.74) is 2.83. The van der Waals surface area contributed by atoms with Crippen LogP contribution in [0, 0.1) is 5.92 Å². The van der Waals surface area contributed by atoms with Crippen molar-refractivity contribution in [2.45, 2.75) is 65.1 Å². The highest BCUT2D eigenvalue weighted by atomic mass is 16.2. The molecule has 0 aliphatic carbocycles. The minimum absolute atomic E-state index is 0.0288. The van der Waals surface area contributed by atoms with E-state index in [9.17, 15) is 9.59 Å². The number of hydrogen-bond acceptors (Lipinski definition) is 3. The van der Waals surface area contributed by atoms with Crippen LogP contribution in [0.25, 0.3) is 0 Å². The van der Waals surface area contributed by atoms with Gasteiger partial charge in [-0.2, -0.15) is 0 Å². The highest BCUT2D eigenvalue weighted by Gasteiger charge is 2.37. The summed E-state index contributed by atoms with van der Waals surface area (Å²) in [6.07, 6.45) is 3.32. The van der Waals surface area contributed by atoms with Crippen LogP contribution in [0.2, 0.25) is 0 Å². The van der Waals surface area contributed by atoms with Crippen LogP contribution < -0.4 is 5.32 Å². The molecule has 2 atom stereocenters. The van der Waals surface area contributed by atoms with E-state index in [1.807, 2.05) is 4.90 Å². The molecule has 0 aromatic heterocycles. The minimum Gasteiger partial charge on any atom is -0.354 e. The SMILES string of the molecule is CCC(CC)N1CC(C(=O)NCC(C)N2CCc3ccccc3C2)CC1=O. The van der Waals surface area contributed by atoms with E-state index in [0.717, 1.165) is 32.4 Å². The van der Waals surface area contributed by atoms with Gasteiger partial charge in [0, 0.05) is 44.7 Å². The van der Waals surface area contributed by atoms with Crippen LogP contribution in [0.1, 0.15) is 51.2 Å². The third kappa shape index (κ3) is 4.52. The zero-order chi connectivity index (χ0) is 19.4. The summed E-state index contributed by atoms with van der Waals surface area (Å²) >= 11 is 0. The molecule has 0 radical (unpaired) electrons. The Bertz CT molecular complexity index is 671. The number of benzene rings is 1. The molecule has 3 rings (SSSR count). The van der Waals surface area contributed by atoms with Gasteiger partial charge in [-0.3, -0.25) is 14.5 Å².